The van der Waals surface area contributed by atoms with Crippen molar-refractivity contribution in [3.8, 4) is 5.88 Å². The lowest BCUT2D eigenvalue weighted by molar-refractivity contribution is -0.122. The second-order valence-electron chi connectivity index (χ2n) is 9.39. The summed E-state index contributed by atoms with van der Waals surface area (Å²) in [6.45, 7) is 0. The van der Waals surface area contributed by atoms with Crippen LogP contribution in [0, 0.1) is 5.92 Å². The van der Waals surface area contributed by atoms with E-state index in [4.69, 9.17) is 20.4 Å². The van der Waals surface area contributed by atoms with Gasteiger partial charge in [0.05, 0.1) is 5.39 Å². The molecule has 0 spiro atoms. The third-order valence-electron chi connectivity index (χ3n) is 6.88. The van der Waals surface area contributed by atoms with Crippen molar-refractivity contribution in [1.82, 2.24) is 24.6 Å². The lowest BCUT2D eigenvalue weighted by atomic mass is 9.87. The first-order valence-electron chi connectivity index (χ1n) is 11.6. The number of nitrogens with one attached hydrogen (secondary N) is 1. The number of carbonyl (C=O) groups excluding carboxylic acids is 1. The SMILES string of the molecule is Cn1ccc(Nc2nc(O[C@H]3CC[C@H](N(C)C)CC3)c3c4c(sc3n2)CC[C@@H](C(N)=O)C4)n1. The number of carbonyl (C=O) groups is 1. The van der Waals surface area contributed by atoms with Crippen molar-refractivity contribution in [3.63, 3.8) is 0 Å². The number of thiophene rings is 1. The fourth-order valence-corrected chi connectivity index (χ4v) is 6.17. The van der Waals surface area contributed by atoms with Gasteiger partial charge in [-0.25, -0.2) is 4.98 Å². The lowest BCUT2D eigenvalue weighted by Crippen LogP contribution is -2.35. The highest BCUT2D eigenvalue weighted by Crippen LogP contribution is 2.42. The first kappa shape index (κ1) is 22.1. The number of ether oxygens (including phenoxy) is 1. The molecule has 176 valence electrons. The third kappa shape index (κ3) is 4.54. The van der Waals surface area contributed by atoms with Crippen molar-refractivity contribution in [2.24, 2.45) is 18.7 Å². The van der Waals surface area contributed by atoms with Crippen molar-refractivity contribution < 1.29 is 9.53 Å². The lowest BCUT2D eigenvalue weighted by Gasteiger charge is -2.32. The first-order chi connectivity index (χ1) is 15.9. The number of amides is 1. The van der Waals surface area contributed by atoms with Gasteiger partial charge in [0.15, 0.2) is 5.82 Å². The van der Waals surface area contributed by atoms with Gasteiger partial charge in [-0.05, 0) is 64.6 Å². The number of rotatable bonds is 6. The number of aryl methyl sites for hydroxylation is 2. The molecule has 0 aliphatic heterocycles. The second kappa shape index (κ2) is 8.90. The molecule has 1 saturated carbocycles. The Hall–Kier alpha value is -2.72. The van der Waals surface area contributed by atoms with Crippen LogP contribution in [0.5, 0.6) is 5.88 Å². The van der Waals surface area contributed by atoms with Gasteiger partial charge in [0.2, 0.25) is 17.7 Å². The minimum Gasteiger partial charge on any atom is -0.474 e. The molecular weight excluding hydrogens is 438 g/mol. The summed E-state index contributed by atoms with van der Waals surface area (Å²) in [5.41, 5.74) is 6.78. The van der Waals surface area contributed by atoms with E-state index in [9.17, 15) is 4.79 Å². The highest BCUT2D eigenvalue weighted by Gasteiger charge is 2.31. The predicted octanol–water partition coefficient (Wildman–Crippen LogP) is 3.01. The summed E-state index contributed by atoms with van der Waals surface area (Å²) in [6, 6.07) is 2.48. The summed E-state index contributed by atoms with van der Waals surface area (Å²) in [6.07, 6.45) is 8.44. The van der Waals surface area contributed by atoms with Gasteiger partial charge in [-0.2, -0.15) is 10.1 Å². The van der Waals surface area contributed by atoms with Gasteiger partial charge in [0, 0.05) is 36.1 Å². The van der Waals surface area contributed by atoms with Gasteiger partial charge >= 0.3 is 0 Å². The van der Waals surface area contributed by atoms with Gasteiger partial charge in [-0.3, -0.25) is 9.48 Å². The monoisotopic (exact) mass is 469 g/mol. The Balaban J connectivity index is 1.49. The van der Waals surface area contributed by atoms with Gasteiger partial charge in [0.25, 0.3) is 0 Å². The van der Waals surface area contributed by atoms with Crippen LogP contribution in [0.2, 0.25) is 0 Å². The van der Waals surface area contributed by atoms with Gasteiger partial charge < -0.3 is 20.7 Å². The summed E-state index contributed by atoms with van der Waals surface area (Å²) in [5, 5.41) is 8.54. The molecule has 1 amide bonds. The molecule has 5 rings (SSSR count). The summed E-state index contributed by atoms with van der Waals surface area (Å²) in [7, 11) is 6.15. The molecule has 3 aromatic heterocycles. The number of anilines is 2. The van der Waals surface area contributed by atoms with E-state index < -0.39 is 0 Å². The molecule has 9 nitrogen and oxygen atoms in total. The van der Waals surface area contributed by atoms with Crippen molar-refractivity contribution in [2.45, 2.75) is 57.1 Å². The molecule has 0 saturated heterocycles. The molecule has 1 fully saturated rings. The topological polar surface area (TPSA) is 111 Å². The Kier molecular flexibility index (Phi) is 5.96. The largest absolute Gasteiger partial charge is 0.474 e. The second-order valence-corrected chi connectivity index (χ2v) is 10.5. The van der Waals surface area contributed by atoms with Crippen LogP contribution < -0.4 is 15.8 Å². The maximum absolute atomic E-state index is 11.9. The van der Waals surface area contributed by atoms with Crippen molar-refractivity contribution in [3.05, 3.63) is 22.7 Å². The predicted molar refractivity (Wildman–Crippen MR) is 129 cm³/mol. The molecule has 1 atom stereocenters. The van der Waals surface area contributed by atoms with E-state index in [0.29, 0.717) is 30.1 Å². The van der Waals surface area contributed by atoms with Gasteiger partial charge in [-0.1, -0.05) is 0 Å². The number of hydrogen-bond donors (Lipinski definition) is 2. The standard InChI is InChI=1S/C23H31N7O2S/c1-29(2)14-5-7-15(8-6-14)32-21-19-16-12-13(20(24)31)4-9-17(16)33-22(19)27-23(26-21)25-18-10-11-30(3)28-18/h10-11,13-15H,4-9,12H2,1-3H3,(H2,24,31)(H,25,26,27,28)/t13-,14-,15-/m1/s1. The Morgan fingerprint density at radius 1 is 1.24 bits per heavy atom. The minimum atomic E-state index is -0.237. The fourth-order valence-electron chi connectivity index (χ4n) is 4.96. The van der Waals surface area contributed by atoms with Crippen molar-refractivity contribution in [1.29, 1.82) is 0 Å². The zero-order valence-electron chi connectivity index (χ0n) is 19.4. The van der Waals surface area contributed by atoms with Crippen LogP contribution in [0.1, 0.15) is 42.5 Å². The zero-order chi connectivity index (χ0) is 23.1. The minimum absolute atomic E-state index is 0.119. The highest BCUT2D eigenvalue weighted by molar-refractivity contribution is 7.18. The average molecular weight is 470 g/mol. The molecule has 2 aliphatic rings. The molecule has 0 unspecified atom stereocenters. The van der Waals surface area contributed by atoms with Gasteiger partial charge in [0.1, 0.15) is 10.9 Å². The molecule has 0 bridgehead atoms. The highest BCUT2D eigenvalue weighted by atomic mass is 32.1. The maximum Gasteiger partial charge on any atom is 0.233 e. The Morgan fingerprint density at radius 3 is 2.70 bits per heavy atom. The number of primary amides is 1. The van der Waals surface area contributed by atoms with Crippen LogP contribution in [0.4, 0.5) is 11.8 Å². The van der Waals surface area contributed by atoms with E-state index in [1.54, 1.807) is 16.0 Å². The Labute approximate surface area is 197 Å². The van der Waals surface area contributed by atoms with Crippen LogP contribution in [0.3, 0.4) is 0 Å². The van der Waals surface area contributed by atoms with Crippen LogP contribution in [-0.2, 0) is 24.7 Å². The van der Waals surface area contributed by atoms with E-state index in [2.05, 4.69) is 29.4 Å². The molecule has 3 heterocycles. The van der Waals surface area contributed by atoms with Crippen LogP contribution in [0.15, 0.2) is 12.3 Å². The fraction of sp³-hybridized carbons (Fsp3) is 0.565. The quantitative estimate of drug-likeness (QED) is 0.571. The molecule has 3 aromatic rings. The van der Waals surface area contributed by atoms with Crippen molar-refractivity contribution in [2.75, 3.05) is 19.4 Å². The van der Waals surface area contributed by atoms with E-state index in [1.807, 2.05) is 19.3 Å². The number of hydrogen-bond acceptors (Lipinski definition) is 8. The average Bonchev–Trinajstić information content (AvgIpc) is 3.36. The number of fused-ring (bicyclic) bond motifs is 3. The first-order valence-corrected chi connectivity index (χ1v) is 12.4. The zero-order valence-corrected chi connectivity index (χ0v) is 20.2. The van der Waals surface area contributed by atoms with E-state index in [1.165, 1.54) is 4.88 Å². The molecule has 2 aliphatic carbocycles. The number of nitrogens with two attached hydrogens (primary N) is 1. The summed E-state index contributed by atoms with van der Waals surface area (Å²) in [5.74, 6) is 1.38. The molecule has 3 N–H and O–H groups in total. The molecular formula is C23H31N7O2S. The molecule has 0 aromatic carbocycles. The maximum atomic E-state index is 11.9. The van der Waals surface area contributed by atoms with E-state index in [-0.39, 0.29) is 17.9 Å². The summed E-state index contributed by atoms with van der Waals surface area (Å²) < 4.78 is 8.29. The number of nitrogens with zero attached hydrogens (tertiary/aromatic N) is 5. The van der Waals surface area contributed by atoms with Crippen LogP contribution in [-0.4, -0.2) is 56.8 Å². The Morgan fingerprint density at radius 2 is 2.03 bits per heavy atom. The Bertz CT molecular complexity index is 1160. The summed E-state index contributed by atoms with van der Waals surface area (Å²) in [4.78, 5) is 25.9. The molecule has 33 heavy (non-hydrogen) atoms. The molecule has 10 heteroatoms. The normalized spacial score (nSPS) is 23.0. The third-order valence-corrected chi connectivity index (χ3v) is 8.07. The van der Waals surface area contributed by atoms with E-state index >= 15 is 0 Å². The van der Waals surface area contributed by atoms with Crippen LogP contribution >= 0.6 is 11.3 Å². The summed E-state index contributed by atoms with van der Waals surface area (Å²) >= 11 is 1.67. The smallest absolute Gasteiger partial charge is 0.233 e. The molecule has 0 radical (unpaired) electrons. The number of aromatic nitrogens is 4. The van der Waals surface area contributed by atoms with Crippen molar-refractivity contribution >= 4 is 39.2 Å². The van der Waals surface area contributed by atoms with Gasteiger partial charge in [-0.15, -0.1) is 11.3 Å². The van der Waals surface area contributed by atoms with E-state index in [0.717, 1.165) is 54.3 Å². The van der Waals surface area contributed by atoms with Crippen LogP contribution in [0.25, 0.3) is 10.2 Å².